The number of rotatable bonds is 6. The first-order valence-electron chi connectivity index (χ1n) is 3.48. The lowest BCUT2D eigenvalue weighted by molar-refractivity contribution is 0.580. The number of sulfone groups is 1. The third kappa shape index (κ3) is 8.48. The Morgan fingerprint density at radius 1 is 1.23 bits per heavy atom. The second-order valence-corrected chi connectivity index (χ2v) is 7.29. The molecule has 0 unspecified atom stereocenters. The van der Waals surface area contributed by atoms with Crippen LogP contribution in [0.1, 0.15) is 6.42 Å². The van der Waals surface area contributed by atoms with Crippen molar-refractivity contribution in [3.63, 3.8) is 0 Å². The van der Waals surface area contributed by atoms with Crippen molar-refractivity contribution in [1.29, 1.82) is 0 Å². The van der Waals surface area contributed by atoms with Crippen LogP contribution in [-0.4, -0.2) is 40.6 Å². The SMILES string of the molecule is CS(=O)(=O)CS(=O)(=O)NCCCCl. The van der Waals surface area contributed by atoms with E-state index in [0.717, 1.165) is 6.26 Å². The molecule has 0 amide bonds. The predicted molar refractivity (Wildman–Crippen MR) is 52.0 cm³/mol. The molecule has 0 saturated heterocycles. The first kappa shape index (κ1) is 13.2. The van der Waals surface area contributed by atoms with E-state index in [0.29, 0.717) is 12.3 Å². The van der Waals surface area contributed by atoms with Crippen LogP contribution in [0.25, 0.3) is 0 Å². The Morgan fingerprint density at radius 2 is 1.77 bits per heavy atom. The molecule has 13 heavy (non-hydrogen) atoms. The zero-order valence-corrected chi connectivity index (χ0v) is 9.54. The smallest absolute Gasteiger partial charge is 0.226 e. The fourth-order valence-electron chi connectivity index (χ4n) is 0.618. The van der Waals surface area contributed by atoms with E-state index in [4.69, 9.17) is 11.6 Å². The van der Waals surface area contributed by atoms with Crippen molar-refractivity contribution in [2.24, 2.45) is 0 Å². The molecule has 0 fully saturated rings. The Labute approximate surface area is 83.4 Å². The average molecular weight is 250 g/mol. The van der Waals surface area contributed by atoms with Gasteiger partial charge in [0.2, 0.25) is 10.0 Å². The normalized spacial score (nSPS) is 13.1. The average Bonchev–Trinajstić information content (AvgIpc) is 1.81. The molecule has 0 aromatic carbocycles. The monoisotopic (exact) mass is 249 g/mol. The van der Waals surface area contributed by atoms with Crippen LogP contribution in [0.3, 0.4) is 0 Å². The van der Waals surface area contributed by atoms with Gasteiger partial charge in [-0.2, -0.15) is 0 Å². The van der Waals surface area contributed by atoms with Crippen LogP contribution in [0.15, 0.2) is 0 Å². The van der Waals surface area contributed by atoms with Gasteiger partial charge in [-0.25, -0.2) is 21.6 Å². The quantitative estimate of drug-likeness (QED) is 0.510. The van der Waals surface area contributed by atoms with Crippen molar-refractivity contribution in [2.75, 3.05) is 23.8 Å². The van der Waals surface area contributed by atoms with Gasteiger partial charge in [-0.05, 0) is 6.42 Å². The molecule has 1 N–H and O–H groups in total. The molecule has 5 nitrogen and oxygen atoms in total. The number of sulfonamides is 1. The number of halogens is 1. The van der Waals surface area contributed by atoms with Gasteiger partial charge in [-0.15, -0.1) is 11.6 Å². The van der Waals surface area contributed by atoms with E-state index < -0.39 is 24.9 Å². The van der Waals surface area contributed by atoms with Crippen molar-refractivity contribution < 1.29 is 16.8 Å². The van der Waals surface area contributed by atoms with Crippen LogP contribution in [-0.2, 0) is 19.9 Å². The molecule has 0 aromatic heterocycles. The van der Waals surface area contributed by atoms with Crippen molar-refractivity contribution in [3.05, 3.63) is 0 Å². The molecule has 0 aliphatic heterocycles. The number of hydrogen-bond acceptors (Lipinski definition) is 4. The van der Waals surface area contributed by atoms with E-state index in [1.54, 1.807) is 0 Å². The number of hydrogen-bond donors (Lipinski definition) is 1. The first-order valence-corrected chi connectivity index (χ1v) is 7.72. The minimum atomic E-state index is -3.71. The predicted octanol–water partition coefficient (Wildman–Crippen LogP) is -0.463. The molecule has 0 rings (SSSR count). The Hall–Kier alpha value is 0.150. The molecule has 80 valence electrons. The van der Waals surface area contributed by atoms with Gasteiger partial charge in [0, 0.05) is 18.7 Å². The zero-order valence-electron chi connectivity index (χ0n) is 7.16. The van der Waals surface area contributed by atoms with Crippen LogP contribution in [0.2, 0.25) is 0 Å². The molecule has 0 aromatic rings. The summed E-state index contributed by atoms with van der Waals surface area (Å²) < 4.78 is 45.4. The molecule has 0 bridgehead atoms. The summed E-state index contributed by atoms with van der Waals surface area (Å²) in [6, 6.07) is 0. The van der Waals surface area contributed by atoms with E-state index in [1.165, 1.54) is 0 Å². The Balaban J connectivity index is 4.12. The summed E-state index contributed by atoms with van der Waals surface area (Å²) in [5.41, 5.74) is 0. The molecule has 0 heterocycles. The Morgan fingerprint density at radius 3 is 2.15 bits per heavy atom. The fourth-order valence-corrected chi connectivity index (χ4v) is 3.79. The van der Waals surface area contributed by atoms with E-state index in [1.807, 2.05) is 0 Å². The van der Waals surface area contributed by atoms with Gasteiger partial charge in [0.1, 0.15) is 0 Å². The molecule has 0 aliphatic carbocycles. The molecule has 0 radical (unpaired) electrons. The standard InChI is InChI=1S/C5H12ClNO4S2/c1-12(8,9)5-13(10,11)7-4-2-3-6/h7H,2-5H2,1H3. The second-order valence-electron chi connectivity index (χ2n) is 2.60. The topological polar surface area (TPSA) is 80.3 Å². The summed E-state index contributed by atoms with van der Waals surface area (Å²) in [6.07, 6.45) is 1.35. The van der Waals surface area contributed by atoms with E-state index >= 15 is 0 Å². The molecule has 0 saturated carbocycles. The highest BCUT2D eigenvalue weighted by Crippen LogP contribution is 1.92. The van der Waals surface area contributed by atoms with Crippen LogP contribution < -0.4 is 4.72 Å². The second kappa shape index (κ2) is 5.14. The van der Waals surface area contributed by atoms with Crippen molar-refractivity contribution in [3.8, 4) is 0 Å². The summed E-state index contributed by atoms with van der Waals surface area (Å²) in [5.74, 6) is 0.335. The van der Waals surface area contributed by atoms with Gasteiger partial charge in [-0.1, -0.05) is 0 Å². The van der Waals surface area contributed by atoms with Crippen molar-refractivity contribution in [1.82, 2.24) is 4.72 Å². The van der Waals surface area contributed by atoms with Crippen LogP contribution in [0.5, 0.6) is 0 Å². The molecular formula is C5H12ClNO4S2. The maximum atomic E-state index is 11.0. The fraction of sp³-hybridized carbons (Fsp3) is 1.00. The molecule has 8 heteroatoms. The van der Waals surface area contributed by atoms with Gasteiger partial charge in [0.15, 0.2) is 14.9 Å². The summed E-state index contributed by atoms with van der Waals surface area (Å²) in [6.45, 7) is 0.168. The first-order chi connectivity index (χ1) is 5.77. The number of nitrogens with one attached hydrogen (secondary N) is 1. The van der Waals surface area contributed by atoms with Gasteiger partial charge >= 0.3 is 0 Å². The van der Waals surface area contributed by atoms with Crippen LogP contribution >= 0.6 is 11.6 Å². The van der Waals surface area contributed by atoms with Gasteiger partial charge in [0.05, 0.1) is 0 Å². The highest BCUT2D eigenvalue weighted by atomic mass is 35.5. The van der Waals surface area contributed by atoms with Crippen LogP contribution in [0.4, 0.5) is 0 Å². The lowest BCUT2D eigenvalue weighted by atomic mass is 10.5. The zero-order chi connectivity index (χ0) is 10.5. The van der Waals surface area contributed by atoms with Crippen molar-refractivity contribution in [2.45, 2.75) is 6.42 Å². The van der Waals surface area contributed by atoms with E-state index in [2.05, 4.69) is 4.72 Å². The third-order valence-corrected chi connectivity index (χ3v) is 4.87. The van der Waals surface area contributed by atoms with Gasteiger partial charge < -0.3 is 0 Å². The lowest BCUT2D eigenvalue weighted by Gasteiger charge is -2.03. The van der Waals surface area contributed by atoms with Crippen LogP contribution in [0, 0.1) is 0 Å². The van der Waals surface area contributed by atoms with Crippen molar-refractivity contribution >= 4 is 31.5 Å². The summed E-state index contributed by atoms with van der Waals surface area (Å²) in [7, 11) is -7.21. The summed E-state index contributed by atoms with van der Waals surface area (Å²) in [4.78, 5) is 0. The molecule has 0 atom stereocenters. The highest BCUT2D eigenvalue weighted by Gasteiger charge is 2.16. The molecule has 0 aliphatic rings. The number of alkyl halides is 1. The molecular weight excluding hydrogens is 238 g/mol. The van der Waals surface area contributed by atoms with Gasteiger partial charge in [-0.3, -0.25) is 0 Å². The minimum absolute atomic E-state index is 0.168. The lowest BCUT2D eigenvalue weighted by Crippen LogP contribution is -2.30. The minimum Gasteiger partial charge on any atom is -0.228 e. The highest BCUT2D eigenvalue weighted by molar-refractivity contribution is 8.06. The largest absolute Gasteiger partial charge is 0.228 e. The maximum absolute atomic E-state index is 11.0. The Kier molecular flexibility index (Phi) is 5.19. The summed E-state index contributed by atoms with van der Waals surface area (Å²) >= 11 is 5.31. The Bertz CT molecular complexity index is 334. The van der Waals surface area contributed by atoms with E-state index in [9.17, 15) is 16.8 Å². The summed E-state index contributed by atoms with van der Waals surface area (Å²) in [5, 5.41) is -0.873. The molecule has 0 spiro atoms. The maximum Gasteiger partial charge on any atom is 0.226 e. The van der Waals surface area contributed by atoms with Gasteiger partial charge in [0.25, 0.3) is 0 Å². The van der Waals surface area contributed by atoms with E-state index in [-0.39, 0.29) is 6.54 Å². The third-order valence-electron chi connectivity index (χ3n) is 1.00.